The quantitative estimate of drug-likeness (QED) is 0.533. The number of amides is 1. The number of pyridine rings is 1. The molecule has 2 heterocycles. The first-order valence-electron chi connectivity index (χ1n) is 10.1. The van der Waals surface area contributed by atoms with Gasteiger partial charge in [0.1, 0.15) is 5.69 Å². The van der Waals surface area contributed by atoms with Gasteiger partial charge in [-0.3, -0.25) is 19.3 Å². The Bertz CT molecular complexity index is 1040. The number of carbonyl (C=O) groups excluding carboxylic acids is 2. The zero-order valence-corrected chi connectivity index (χ0v) is 17.6. The first-order valence-corrected chi connectivity index (χ1v) is 10.1. The number of hydrogen-bond donors (Lipinski definition) is 2. The van der Waals surface area contributed by atoms with E-state index in [9.17, 15) is 9.59 Å². The SMILES string of the molecule is CCC(=O)c1ncc(-c2cccc(CC)c2)cc1NC(=O)CNCc1cnn(C)c1. The van der Waals surface area contributed by atoms with Crippen LogP contribution in [0.3, 0.4) is 0 Å². The van der Waals surface area contributed by atoms with Gasteiger partial charge in [-0.2, -0.15) is 5.10 Å². The molecule has 0 saturated carbocycles. The predicted octanol–water partition coefficient (Wildman–Crippen LogP) is 3.37. The van der Waals surface area contributed by atoms with E-state index in [4.69, 9.17) is 0 Å². The minimum absolute atomic E-state index is 0.109. The number of Topliss-reactive ketones (excluding diaryl/α,β-unsaturated/α-hetero) is 1. The Balaban J connectivity index is 1.76. The van der Waals surface area contributed by atoms with Crippen LogP contribution < -0.4 is 10.6 Å². The van der Waals surface area contributed by atoms with Crippen molar-refractivity contribution in [1.82, 2.24) is 20.1 Å². The standard InChI is InChI=1S/C23H27N5O2/c1-4-16-7-6-8-18(9-16)19-10-20(23(25-13-19)21(29)5-2)27-22(30)14-24-11-17-12-26-28(3)15-17/h6-10,12-13,15,24H,4-5,11,14H2,1-3H3,(H,27,30). The lowest BCUT2D eigenvalue weighted by atomic mass is 10.0. The van der Waals surface area contributed by atoms with Crippen LogP contribution in [0.1, 0.15) is 41.9 Å². The average molecular weight is 406 g/mol. The molecule has 7 nitrogen and oxygen atoms in total. The Morgan fingerprint density at radius 2 is 1.90 bits per heavy atom. The van der Waals surface area contributed by atoms with Gasteiger partial charge in [-0.25, -0.2) is 0 Å². The zero-order chi connectivity index (χ0) is 21.5. The summed E-state index contributed by atoms with van der Waals surface area (Å²) in [4.78, 5) is 29.2. The monoisotopic (exact) mass is 405 g/mol. The van der Waals surface area contributed by atoms with Crippen molar-refractivity contribution in [2.24, 2.45) is 7.05 Å². The summed E-state index contributed by atoms with van der Waals surface area (Å²) >= 11 is 0. The van der Waals surface area contributed by atoms with Crippen LogP contribution >= 0.6 is 0 Å². The number of rotatable bonds is 9. The van der Waals surface area contributed by atoms with Crippen LogP contribution in [0.25, 0.3) is 11.1 Å². The van der Waals surface area contributed by atoms with Gasteiger partial charge in [0, 0.05) is 43.5 Å². The van der Waals surface area contributed by atoms with Crippen LogP contribution in [0.2, 0.25) is 0 Å². The molecule has 0 atom stereocenters. The maximum Gasteiger partial charge on any atom is 0.238 e. The molecule has 0 spiro atoms. The molecule has 1 amide bonds. The van der Waals surface area contributed by atoms with Crippen molar-refractivity contribution in [2.45, 2.75) is 33.2 Å². The molecule has 2 aromatic heterocycles. The zero-order valence-electron chi connectivity index (χ0n) is 17.6. The van der Waals surface area contributed by atoms with E-state index in [1.165, 1.54) is 5.56 Å². The summed E-state index contributed by atoms with van der Waals surface area (Å²) in [7, 11) is 1.85. The predicted molar refractivity (Wildman–Crippen MR) is 117 cm³/mol. The first-order chi connectivity index (χ1) is 14.5. The minimum atomic E-state index is -0.231. The number of nitrogens with zero attached hydrogens (tertiary/aromatic N) is 3. The summed E-state index contributed by atoms with van der Waals surface area (Å²) in [5.41, 5.74) is 4.79. The fraction of sp³-hybridized carbons (Fsp3) is 0.304. The molecule has 1 aromatic carbocycles. The van der Waals surface area contributed by atoms with Gasteiger partial charge in [-0.1, -0.05) is 38.1 Å². The number of anilines is 1. The van der Waals surface area contributed by atoms with Crippen LogP contribution in [-0.4, -0.2) is 33.0 Å². The first kappa shape index (κ1) is 21.4. The van der Waals surface area contributed by atoms with Crippen molar-refractivity contribution in [3.05, 3.63) is 65.7 Å². The number of hydrogen-bond acceptors (Lipinski definition) is 5. The van der Waals surface area contributed by atoms with E-state index in [0.29, 0.717) is 18.7 Å². The summed E-state index contributed by atoms with van der Waals surface area (Å²) in [6, 6.07) is 9.99. The molecule has 156 valence electrons. The molecule has 0 radical (unpaired) electrons. The highest BCUT2D eigenvalue weighted by atomic mass is 16.2. The van der Waals surface area contributed by atoms with E-state index < -0.39 is 0 Å². The van der Waals surface area contributed by atoms with Crippen LogP contribution in [0.15, 0.2) is 48.9 Å². The molecule has 0 aliphatic rings. The molecular weight excluding hydrogens is 378 g/mol. The number of aryl methyl sites for hydroxylation is 2. The molecule has 0 bridgehead atoms. The molecule has 2 N–H and O–H groups in total. The molecule has 0 saturated heterocycles. The Hall–Kier alpha value is -3.32. The van der Waals surface area contributed by atoms with Gasteiger partial charge in [0.15, 0.2) is 5.78 Å². The second kappa shape index (κ2) is 9.93. The van der Waals surface area contributed by atoms with Crippen molar-refractivity contribution < 1.29 is 9.59 Å². The fourth-order valence-corrected chi connectivity index (χ4v) is 3.16. The summed E-state index contributed by atoms with van der Waals surface area (Å²) < 4.78 is 1.71. The smallest absolute Gasteiger partial charge is 0.238 e. The minimum Gasteiger partial charge on any atom is -0.323 e. The topological polar surface area (TPSA) is 88.9 Å². The van der Waals surface area contributed by atoms with Crippen LogP contribution in [0.4, 0.5) is 5.69 Å². The van der Waals surface area contributed by atoms with Crippen LogP contribution in [-0.2, 0) is 24.8 Å². The maximum absolute atomic E-state index is 12.5. The van der Waals surface area contributed by atoms with Gasteiger partial charge < -0.3 is 10.6 Å². The number of aromatic nitrogens is 3. The number of nitrogens with one attached hydrogen (secondary N) is 2. The Labute approximate surface area is 176 Å². The van der Waals surface area contributed by atoms with Gasteiger partial charge in [0.25, 0.3) is 0 Å². The summed E-state index contributed by atoms with van der Waals surface area (Å²) in [6.45, 7) is 4.53. The maximum atomic E-state index is 12.5. The molecule has 0 aliphatic heterocycles. The highest BCUT2D eigenvalue weighted by molar-refractivity contribution is 6.04. The molecule has 0 aliphatic carbocycles. The highest BCUT2D eigenvalue weighted by Crippen LogP contribution is 2.26. The van der Waals surface area contributed by atoms with E-state index in [0.717, 1.165) is 23.1 Å². The van der Waals surface area contributed by atoms with Crippen molar-refractivity contribution >= 4 is 17.4 Å². The van der Waals surface area contributed by atoms with E-state index in [2.05, 4.69) is 39.8 Å². The molecule has 0 fully saturated rings. The third-order valence-electron chi connectivity index (χ3n) is 4.79. The van der Waals surface area contributed by atoms with Crippen molar-refractivity contribution in [3.8, 4) is 11.1 Å². The van der Waals surface area contributed by atoms with E-state index in [-0.39, 0.29) is 23.9 Å². The molecule has 3 aromatic rings. The van der Waals surface area contributed by atoms with E-state index in [1.54, 1.807) is 24.0 Å². The van der Waals surface area contributed by atoms with E-state index in [1.807, 2.05) is 31.4 Å². The Kier molecular flexibility index (Phi) is 7.08. The number of carbonyl (C=O) groups is 2. The Morgan fingerprint density at radius 3 is 2.60 bits per heavy atom. The second-order valence-electron chi connectivity index (χ2n) is 7.12. The second-order valence-corrected chi connectivity index (χ2v) is 7.12. The molecule has 3 rings (SSSR count). The van der Waals surface area contributed by atoms with Crippen molar-refractivity contribution in [1.29, 1.82) is 0 Å². The van der Waals surface area contributed by atoms with Crippen LogP contribution in [0.5, 0.6) is 0 Å². The van der Waals surface area contributed by atoms with Gasteiger partial charge in [-0.15, -0.1) is 0 Å². The normalized spacial score (nSPS) is 10.8. The van der Waals surface area contributed by atoms with Gasteiger partial charge in [-0.05, 0) is 23.6 Å². The summed E-state index contributed by atoms with van der Waals surface area (Å²) in [5.74, 6) is -0.340. The van der Waals surface area contributed by atoms with Crippen LogP contribution in [0, 0.1) is 0 Å². The molecule has 30 heavy (non-hydrogen) atoms. The summed E-state index contributed by atoms with van der Waals surface area (Å²) in [5, 5.41) is 10.0. The van der Waals surface area contributed by atoms with Crippen molar-refractivity contribution in [3.63, 3.8) is 0 Å². The average Bonchev–Trinajstić information content (AvgIpc) is 3.18. The molecule has 0 unspecified atom stereocenters. The van der Waals surface area contributed by atoms with Gasteiger partial charge >= 0.3 is 0 Å². The van der Waals surface area contributed by atoms with Gasteiger partial charge in [0.05, 0.1) is 18.4 Å². The number of benzene rings is 1. The molecular formula is C23H27N5O2. The van der Waals surface area contributed by atoms with Gasteiger partial charge in [0.2, 0.25) is 5.91 Å². The fourth-order valence-electron chi connectivity index (χ4n) is 3.16. The molecule has 7 heteroatoms. The lowest BCUT2D eigenvalue weighted by Crippen LogP contribution is -2.28. The third-order valence-corrected chi connectivity index (χ3v) is 4.79. The van der Waals surface area contributed by atoms with E-state index >= 15 is 0 Å². The third kappa shape index (κ3) is 5.39. The lowest BCUT2D eigenvalue weighted by Gasteiger charge is -2.12. The highest BCUT2D eigenvalue weighted by Gasteiger charge is 2.15. The number of ketones is 1. The lowest BCUT2D eigenvalue weighted by molar-refractivity contribution is -0.115. The Morgan fingerprint density at radius 1 is 1.07 bits per heavy atom. The largest absolute Gasteiger partial charge is 0.323 e. The van der Waals surface area contributed by atoms with Crippen molar-refractivity contribution in [2.75, 3.05) is 11.9 Å². The summed E-state index contributed by atoms with van der Waals surface area (Å²) in [6.07, 6.45) is 6.58.